The van der Waals surface area contributed by atoms with Crippen molar-refractivity contribution in [2.45, 2.75) is 45.1 Å². The highest BCUT2D eigenvalue weighted by Crippen LogP contribution is 2.03. The molecule has 0 aromatic heterocycles. The molecule has 0 rings (SSSR count). The Morgan fingerprint density at radius 2 is 0.518 bits per heavy atom. The zero-order valence-corrected chi connectivity index (χ0v) is 50.4. The molecule has 0 spiro atoms. The molecule has 1 atom stereocenters. The highest BCUT2D eigenvalue weighted by atomic mass is 16.6. The monoisotopic (exact) mass is 1210 g/mol. The lowest BCUT2D eigenvalue weighted by molar-refractivity contribution is -0.142. The standard InChI is InChI=1S/C55H108N2O26/c1-3-63-14-15-67-22-23-71-30-31-75-38-39-79-46-47-80-42-40-76-34-32-72-26-24-68-18-16-64-10-7-53(58)56-9-5-4-6-52(55(60)61)57-54(59)8-11-65-17-19-69-25-27-73-33-35-77-41-43-81-48-49-83-51-50-82-45-44-78-37-36-74-29-28-70-21-20-66-13-12-62-2/h52H,3-51H2,1-2H3,(H,56,58)(H,57,59)(H,60,61). The van der Waals surface area contributed by atoms with E-state index in [4.69, 9.17) is 104 Å². The summed E-state index contributed by atoms with van der Waals surface area (Å²) in [7, 11) is 1.64. The third-order valence-electron chi connectivity index (χ3n) is 10.5. The number of nitrogens with one attached hydrogen (secondary N) is 2. The topological polar surface area (TPSA) is 299 Å². The molecule has 0 saturated carbocycles. The zero-order valence-electron chi connectivity index (χ0n) is 50.4. The van der Waals surface area contributed by atoms with E-state index in [0.717, 1.165) is 0 Å². The molecule has 3 N–H and O–H groups in total. The van der Waals surface area contributed by atoms with E-state index >= 15 is 0 Å². The summed E-state index contributed by atoms with van der Waals surface area (Å²) in [6, 6.07) is -1.04. The molecule has 0 aromatic rings. The van der Waals surface area contributed by atoms with Crippen LogP contribution in [0.2, 0.25) is 0 Å². The number of hydrogen-bond donors (Lipinski definition) is 3. The molecule has 0 bridgehead atoms. The number of carboxylic acid groups (broad SMARTS) is 1. The van der Waals surface area contributed by atoms with Crippen LogP contribution >= 0.6 is 0 Å². The molecular weight excluding hydrogens is 1100 g/mol. The molecular formula is C55H108N2O26. The van der Waals surface area contributed by atoms with Gasteiger partial charge >= 0.3 is 5.97 Å². The van der Waals surface area contributed by atoms with Crippen LogP contribution in [-0.4, -0.2) is 327 Å². The summed E-state index contributed by atoms with van der Waals surface area (Å²) in [6.45, 7) is 22.1. The van der Waals surface area contributed by atoms with Crippen molar-refractivity contribution < 1.29 is 124 Å². The lowest BCUT2D eigenvalue weighted by Crippen LogP contribution is -2.41. The molecule has 28 heteroatoms. The van der Waals surface area contributed by atoms with Crippen molar-refractivity contribution in [3.05, 3.63) is 0 Å². The Balaban J connectivity index is 3.39. The number of carbonyl (C=O) groups excluding carboxylic acids is 2. The summed E-state index contributed by atoms with van der Waals surface area (Å²) in [5.41, 5.74) is 0. The molecule has 1 unspecified atom stereocenters. The van der Waals surface area contributed by atoms with Crippen LogP contribution in [0.25, 0.3) is 0 Å². The van der Waals surface area contributed by atoms with Gasteiger partial charge in [-0.2, -0.15) is 0 Å². The molecule has 2 amide bonds. The van der Waals surface area contributed by atoms with Gasteiger partial charge in [0.25, 0.3) is 0 Å². The smallest absolute Gasteiger partial charge is 0.326 e. The average Bonchev–Trinajstić information content (AvgIpc) is 3.48. The van der Waals surface area contributed by atoms with Gasteiger partial charge in [0.15, 0.2) is 0 Å². The van der Waals surface area contributed by atoms with E-state index in [1.807, 2.05) is 6.92 Å². The molecule has 0 heterocycles. The molecule has 494 valence electrons. The van der Waals surface area contributed by atoms with Gasteiger partial charge in [-0.05, 0) is 26.2 Å². The van der Waals surface area contributed by atoms with Gasteiger partial charge in [-0.3, -0.25) is 9.59 Å². The van der Waals surface area contributed by atoms with Gasteiger partial charge in [0.1, 0.15) is 6.04 Å². The van der Waals surface area contributed by atoms with E-state index < -0.39 is 17.9 Å². The number of carbonyl (C=O) groups is 3. The van der Waals surface area contributed by atoms with Crippen molar-refractivity contribution in [1.29, 1.82) is 0 Å². The third-order valence-corrected chi connectivity index (χ3v) is 10.5. The number of methoxy groups -OCH3 is 1. The summed E-state index contributed by atoms with van der Waals surface area (Å²) in [6.07, 6.45) is 1.48. The molecule has 0 aliphatic heterocycles. The number of ether oxygens (including phenoxy) is 22. The highest BCUT2D eigenvalue weighted by Gasteiger charge is 2.19. The summed E-state index contributed by atoms with van der Waals surface area (Å²) in [4.78, 5) is 36.2. The number of aliphatic carboxylic acids is 1. The quantitative estimate of drug-likeness (QED) is 0.0704. The lowest BCUT2D eigenvalue weighted by atomic mass is 10.1. The van der Waals surface area contributed by atoms with Crippen LogP contribution in [0.4, 0.5) is 0 Å². The number of unbranched alkanes of at least 4 members (excludes halogenated alkanes) is 1. The van der Waals surface area contributed by atoms with E-state index in [1.54, 1.807) is 7.11 Å². The fourth-order valence-electron chi connectivity index (χ4n) is 6.21. The van der Waals surface area contributed by atoms with Crippen LogP contribution in [0.3, 0.4) is 0 Å². The summed E-state index contributed by atoms with van der Waals surface area (Å²) in [5, 5.41) is 14.9. The Hall–Kier alpha value is -2.47. The fraction of sp³-hybridized carbons (Fsp3) is 0.945. The van der Waals surface area contributed by atoms with Gasteiger partial charge in [-0.1, -0.05) is 0 Å². The normalized spacial score (nSPS) is 11.9. The van der Waals surface area contributed by atoms with Crippen LogP contribution in [-0.2, 0) is 119 Å². The number of carboxylic acids is 1. The Morgan fingerprint density at radius 3 is 0.747 bits per heavy atom. The predicted molar refractivity (Wildman–Crippen MR) is 300 cm³/mol. The first-order chi connectivity index (χ1) is 41.0. The average molecular weight is 1210 g/mol. The van der Waals surface area contributed by atoms with Crippen LogP contribution < -0.4 is 10.6 Å². The largest absolute Gasteiger partial charge is 0.480 e. The van der Waals surface area contributed by atoms with Crippen LogP contribution in [0, 0.1) is 0 Å². The lowest BCUT2D eigenvalue weighted by Gasteiger charge is -2.15. The summed E-state index contributed by atoms with van der Waals surface area (Å²) >= 11 is 0. The van der Waals surface area contributed by atoms with E-state index in [0.29, 0.717) is 284 Å². The van der Waals surface area contributed by atoms with Crippen molar-refractivity contribution in [3.63, 3.8) is 0 Å². The van der Waals surface area contributed by atoms with Crippen molar-refractivity contribution in [2.24, 2.45) is 0 Å². The molecule has 0 saturated heterocycles. The third kappa shape index (κ3) is 70.2. The van der Waals surface area contributed by atoms with Gasteiger partial charge in [0, 0.05) is 33.1 Å². The second kappa shape index (κ2) is 72.0. The van der Waals surface area contributed by atoms with Gasteiger partial charge in [-0.15, -0.1) is 0 Å². The predicted octanol–water partition coefficient (Wildman–Crippen LogP) is 0.637. The van der Waals surface area contributed by atoms with Crippen molar-refractivity contribution in [3.8, 4) is 0 Å². The second-order valence-corrected chi connectivity index (χ2v) is 17.2. The molecule has 83 heavy (non-hydrogen) atoms. The molecule has 28 nitrogen and oxygen atoms in total. The minimum atomic E-state index is -1.12. The second-order valence-electron chi connectivity index (χ2n) is 17.2. The maximum absolute atomic E-state index is 12.3. The minimum Gasteiger partial charge on any atom is -0.480 e. The fourth-order valence-corrected chi connectivity index (χ4v) is 6.21. The Bertz CT molecular complexity index is 1310. The summed E-state index contributed by atoms with van der Waals surface area (Å²) in [5.74, 6) is -1.71. The van der Waals surface area contributed by atoms with Crippen LogP contribution in [0.1, 0.15) is 39.0 Å². The number of rotatable bonds is 74. The van der Waals surface area contributed by atoms with Crippen molar-refractivity contribution in [2.75, 3.05) is 298 Å². The molecule has 0 aliphatic rings. The zero-order chi connectivity index (χ0) is 59.9. The Labute approximate surface area is 493 Å². The van der Waals surface area contributed by atoms with Crippen molar-refractivity contribution >= 4 is 17.8 Å². The number of hydrogen-bond acceptors (Lipinski definition) is 25. The summed E-state index contributed by atoms with van der Waals surface area (Å²) < 4.78 is 119. The van der Waals surface area contributed by atoms with Crippen LogP contribution in [0.5, 0.6) is 0 Å². The molecule has 0 aromatic carbocycles. The van der Waals surface area contributed by atoms with Crippen LogP contribution in [0.15, 0.2) is 0 Å². The van der Waals surface area contributed by atoms with Crippen molar-refractivity contribution in [1.82, 2.24) is 10.6 Å². The molecule has 0 radical (unpaired) electrons. The Kier molecular flexibility index (Phi) is 69.9. The molecule has 0 fully saturated rings. The SMILES string of the molecule is CCOCCOCCOCCOCCOCCOCCOCCOCCOCCOCCC(=O)NCCCCC(NC(=O)CCOCCOCCOCCOCCOCCOCCOCCOCCOCCOCCOCCOC)C(=O)O. The number of amides is 2. The minimum absolute atomic E-state index is 0.0126. The van der Waals surface area contributed by atoms with E-state index in [-0.39, 0.29) is 45.0 Å². The molecule has 0 aliphatic carbocycles. The maximum Gasteiger partial charge on any atom is 0.326 e. The van der Waals surface area contributed by atoms with E-state index in [1.165, 1.54) is 0 Å². The van der Waals surface area contributed by atoms with E-state index in [9.17, 15) is 19.5 Å². The van der Waals surface area contributed by atoms with Gasteiger partial charge < -0.3 is 120 Å². The first-order valence-corrected chi connectivity index (χ1v) is 29.4. The Morgan fingerprint density at radius 1 is 0.301 bits per heavy atom. The van der Waals surface area contributed by atoms with E-state index in [2.05, 4.69) is 10.6 Å². The highest BCUT2D eigenvalue weighted by molar-refractivity contribution is 5.83. The maximum atomic E-state index is 12.3. The van der Waals surface area contributed by atoms with Gasteiger partial charge in [-0.25, -0.2) is 4.79 Å². The first kappa shape index (κ1) is 80.5. The van der Waals surface area contributed by atoms with Gasteiger partial charge in [0.2, 0.25) is 11.8 Å². The first-order valence-electron chi connectivity index (χ1n) is 29.4. The van der Waals surface area contributed by atoms with Gasteiger partial charge in [0.05, 0.1) is 277 Å².